The van der Waals surface area contributed by atoms with E-state index in [1.807, 2.05) is 19.1 Å². The van der Waals surface area contributed by atoms with Crippen LogP contribution in [-0.2, 0) is 0 Å². The van der Waals surface area contributed by atoms with Gasteiger partial charge in [0.2, 0.25) is 0 Å². The summed E-state index contributed by atoms with van der Waals surface area (Å²) < 4.78 is 13.5. The normalized spacial score (nSPS) is 10.6. The van der Waals surface area contributed by atoms with Gasteiger partial charge in [0, 0.05) is 22.4 Å². The summed E-state index contributed by atoms with van der Waals surface area (Å²) in [4.78, 5) is 24.5. The summed E-state index contributed by atoms with van der Waals surface area (Å²) in [5.41, 5.74) is 4.99. The van der Waals surface area contributed by atoms with E-state index in [0.717, 1.165) is 5.56 Å². The van der Waals surface area contributed by atoms with Crippen molar-refractivity contribution in [2.45, 2.75) is 6.92 Å². The van der Waals surface area contributed by atoms with Crippen LogP contribution >= 0.6 is 0 Å². The summed E-state index contributed by atoms with van der Waals surface area (Å²) in [6, 6.07) is 19.8. The molecule has 0 spiro atoms. The number of carbonyl (C=O) groups excluding carboxylic acids is 2. The molecule has 0 aliphatic heterocycles. The summed E-state index contributed by atoms with van der Waals surface area (Å²) >= 11 is 0. The second-order valence-corrected chi connectivity index (χ2v) is 6.12. The van der Waals surface area contributed by atoms with Gasteiger partial charge < -0.3 is 5.32 Å². The van der Waals surface area contributed by atoms with Gasteiger partial charge in [-0.3, -0.25) is 9.59 Å². The van der Waals surface area contributed by atoms with Gasteiger partial charge in [-0.15, -0.1) is 0 Å². The maximum absolute atomic E-state index is 13.5. The van der Waals surface area contributed by atoms with E-state index in [2.05, 4.69) is 15.8 Å². The van der Waals surface area contributed by atoms with Crippen LogP contribution in [0.25, 0.3) is 0 Å². The average molecular weight is 375 g/mol. The first-order valence-electron chi connectivity index (χ1n) is 8.59. The second kappa shape index (κ2) is 8.73. The number of hydrogen-bond donors (Lipinski definition) is 2. The Bertz CT molecular complexity index is 1030. The van der Waals surface area contributed by atoms with E-state index in [0.29, 0.717) is 16.8 Å². The van der Waals surface area contributed by atoms with Gasteiger partial charge in [-0.2, -0.15) is 5.10 Å². The number of hydrogen-bond acceptors (Lipinski definition) is 3. The molecular weight excluding hydrogens is 357 g/mol. The van der Waals surface area contributed by atoms with E-state index in [1.54, 1.807) is 54.6 Å². The van der Waals surface area contributed by atoms with E-state index in [9.17, 15) is 14.0 Å². The SMILES string of the molecule is Cc1ccc(C(=O)Nc2cccc(C(=O)NN=Cc3ccccc3F)c2)cc1. The highest BCUT2D eigenvalue weighted by Crippen LogP contribution is 2.13. The average Bonchev–Trinajstić information content (AvgIpc) is 2.70. The molecule has 2 N–H and O–H groups in total. The number of amides is 2. The number of hydrazone groups is 1. The lowest BCUT2D eigenvalue weighted by molar-refractivity contribution is 0.0953. The van der Waals surface area contributed by atoms with Crippen molar-refractivity contribution in [3.63, 3.8) is 0 Å². The first-order chi connectivity index (χ1) is 13.5. The zero-order valence-corrected chi connectivity index (χ0v) is 15.1. The Labute approximate surface area is 161 Å². The second-order valence-electron chi connectivity index (χ2n) is 6.12. The Morgan fingerprint density at radius 3 is 2.39 bits per heavy atom. The molecule has 5 nitrogen and oxygen atoms in total. The van der Waals surface area contributed by atoms with Crippen molar-refractivity contribution in [2.24, 2.45) is 5.10 Å². The smallest absolute Gasteiger partial charge is 0.271 e. The minimum atomic E-state index is -0.473. The van der Waals surface area contributed by atoms with Crippen LogP contribution in [0.4, 0.5) is 10.1 Å². The minimum absolute atomic E-state index is 0.266. The number of nitrogens with zero attached hydrogens (tertiary/aromatic N) is 1. The van der Waals surface area contributed by atoms with Gasteiger partial charge in [-0.1, -0.05) is 42.0 Å². The van der Waals surface area contributed by atoms with Gasteiger partial charge in [0.1, 0.15) is 5.82 Å². The lowest BCUT2D eigenvalue weighted by atomic mass is 10.1. The molecule has 3 aromatic rings. The first kappa shape index (κ1) is 19.0. The van der Waals surface area contributed by atoms with Gasteiger partial charge in [-0.25, -0.2) is 9.82 Å². The van der Waals surface area contributed by atoms with E-state index in [1.165, 1.54) is 12.3 Å². The number of halogens is 1. The predicted octanol–water partition coefficient (Wildman–Crippen LogP) is 4.15. The highest BCUT2D eigenvalue weighted by Gasteiger charge is 2.09. The topological polar surface area (TPSA) is 70.6 Å². The van der Waals surface area contributed by atoms with Crippen molar-refractivity contribution in [2.75, 3.05) is 5.32 Å². The molecule has 0 aromatic heterocycles. The van der Waals surface area contributed by atoms with E-state index in [4.69, 9.17) is 0 Å². The summed E-state index contributed by atoms with van der Waals surface area (Å²) in [6.07, 6.45) is 1.23. The molecule has 28 heavy (non-hydrogen) atoms. The molecule has 0 atom stereocenters. The molecule has 0 aliphatic carbocycles. The van der Waals surface area contributed by atoms with E-state index in [-0.39, 0.29) is 11.5 Å². The van der Waals surface area contributed by atoms with Gasteiger partial charge >= 0.3 is 0 Å². The quantitative estimate of drug-likeness (QED) is 0.519. The predicted molar refractivity (Wildman–Crippen MR) is 107 cm³/mol. The van der Waals surface area contributed by atoms with Crippen molar-refractivity contribution in [3.05, 3.63) is 101 Å². The monoisotopic (exact) mass is 375 g/mol. The van der Waals surface area contributed by atoms with Crippen molar-refractivity contribution >= 4 is 23.7 Å². The standard InChI is InChI=1S/C22H18FN3O2/c1-15-9-11-16(12-10-15)21(27)25-19-7-4-6-17(13-19)22(28)26-24-14-18-5-2-3-8-20(18)23/h2-14H,1H3,(H,25,27)(H,26,28). The lowest BCUT2D eigenvalue weighted by Gasteiger charge is -2.07. The molecule has 0 aliphatic rings. The summed E-state index contributed by atoms with van der Waals surface area (Å²) in [7, 11) is 0. The van der Waals surface area contributed by atoms with Crippen LogP contribution in [0.5, 0.6) is 0 Å². The van der Waals surface area contributed by atoms with Crippen molar-refractivity contribution in [1.29, 1.82) is 0 Å². The molecule has 0 fully saturated rings. The molecule has 0 bridgehead atoms. The molecule has 2 amide bonds. The van der Waals surface area contributed by atoms with Crippen molar-refractivity contribution < 1.29 is 14.0 Å². The first-order valence-corrected chi connectivity index (χ1v) is 8.59. The van der Waals surface area contributed by atoms with Crippen LogP contribution in [0.15, 0.2) is 77.9 Å². The highest BCUT2D eigenvalue weighted by molar-refractivity contribution is 6.05. The van der Waals surface area contributed by atoms with E-state index < -0.39 is 11.7 Å². The molecule has 6 heteroatoms. The number of anilines is 1. The summed E-state index contributed by atoms with van der Waals surface area (Å²) in [5.74, 6) is -1.17. The van der Waals surface area contributed by atoms with Gasteiger partial charge in [0.05, 0.1) is 6.21 Å². The largest absolute Gasteiger partial charge is 0.322 e. The lowest BCUT2D eigenvalue weighted by Crippen LogP contribution is -2.18. The van der Waals surface area contributed by atoms with Crippen molar-refractivity contribution in [1.82, 2.24) is 5.43 Å². The molecule has 0 radical (unpaired) electrons. The van der Waals surface area contributed by atoms with Crippen LogP contribution in [0, 0.1) is 12.7 Å². The third kappa shape index (κ3) is 4.88. The third-order valence-electron chi connectivity index (χ3n) is 3.97. The number of carbonyl (C=O) groups is 2. The molecule has 140 valence electrons. The Morgan fingerprint density at radius 2 is 1.64 bits per heavy atom. The molecule has 0 saturated heterocycles. The summed E-state index contributed by atoms with van der Waals surface area (Å²) in [6.45, 7) is 1.94. The van der Waals surface area contributed by atoms with Gasteiger partial charge in [0.15, 0.2) is 0 Å². The Morgan fingerprint density at radius 1 is 0.893 bits per heavy atom. The van der Waals surface area contributed by atoms with Crippen LogP contribution < -0.4 is 10.7 Å². The zero-order valence-electron chi connectivity index (χ0n) is 15.1. The van der Waals surface area contributed by atoms with Crippen LogP contribution in [0.2, 0.25) is 0 Å². The number of aryl methyl sites for hydroxylation is 1. The minimum Gasteiger partial charge on any atom is -0.322 e. The molecule has 3 aromatic carbocycles. The number of rotatable bonds is 5. The fraction of sp³-hybridized carbons (Fsp3) is 0.0455. The van der Waals surface area contributed by atoms with Crippen LogP contribution in [0.3, 0.4) is 0 Å². The third-order valence-corrected chi connectivity index (χ3v) is 3.97. The maximum Gasteiger partial charge on any atom is 0.271 e. The molecule has 0 unspecified atom stereocenters. The number of nitrogens with one attached hydrogen (secondary N) is 2. The highest BCUT2D eigenvalue weighted by atomic mass is 19.1. The van der Waals surface area contributed by atoms with E-state index >= 15 is 0 Å². The maximum atomic E-state index is 13.5. The summed E-state index contributed by atoms with van der Waals surface area (Å²) in [5, 5.41) is 6.53. The zero-order chi connectivity index (χ0) is 19.9. The Hall–Kier alpha value is -3.80. The van der Waals surface area contributed by atoms with Crippen molar-refractivity contribution in [3.8, 4) is 0 Å². The van der Waals surface area contributed by atoms with Gasteiger partial charge in [-0.05, 0) is 43.3 Å². The van der Waals surface area contributed by atoms with Crippen LogP contribution in [0.1, 0.15) is 31.8 Å². The number of benzene rings is 3. The van der Waals surface area contributed by atoms with Crippen LogP contribution in [-0.4, -0.2) is 18.0 Å². The molecule has 0 saturated carbocycles. The Balaban J connectivity index is 1.65. The molecular formula is C22H18FN3O2. The van der Waals surface area contributed by atoms with Gasteiger partial charge in [0.25, 0.3) is 11.8 Å². The Kier molecular flexibility index (Phi) is 5.91. The fourth-order valence-corrected chi connectivity index (χ4v) is 2.45. The molecule has 0 heterocycles. The fourth-order valence-electron chi connectivity index (χ4n) is 2.45. The molecule has 3 rings (SSSR count).